The molecule has 224 valence electrons. The topological polar surface area (TPSA) is 80.2 Å². The van der Waals surface area contributed by atoms with Gasteiger partial charge in [-0.25, -0.2) is 13.1 Å². The summed E-state index contributed by atoms with van der Waals surface area (Å²) >= 11 is 6.46. The summed E-state index contributed by atoms with van der Waals surface area (Å²) in [5, 5.41) is 2.21. The summed E-state index contributed by atoms with van der Waals surface area (Å²) in [7, 11) is -4.55. The highest BCUT2D eigenvalue weighted by Gasteiger charge is 2.42. The fourth-order valence-electron chi connectivity index (χ4n) is 5.23. The first-order valence-corrected chi connectivity index (χ1v) is 15.7. The van der Waals surface area contributed by atoms with Crippen LogP contribution in [0.5, 0.6) is 0 Å². The van der Waals surface area contributed by atoms with Crippen LogP contribution in [-0.4, -0.2) is 31.0 Å². The van der Waals surface area contributed by atoms with Crippen LogP contribution in [0.25, 0.3) is 11.3 Å². The van der Waals surface area contributed by atoms with Gasteiger partial charge in [-0.3, -0.25) is 4.79 Å². The van der Waals surface area contributed by atoms with Gasteiger partial charge in [-0.05, 0) is 70.9 Å². The van der Waals surface area contributed by atoms with E-state index in [2.05, 4.69) is 23.9 Å². The van der Waals surface area contributed by atoms with Crippen molar-refractivity contribution in [1.29, 1.82) is 0 Å². The van der Waals surface area contributed by atoms with Crippen LogP contribution in [0.4, 0.5) is 13.2 Å². The summed E-state index contributed by atoms with van der Waals surface area (Å²) < 4.78 is 73.4. The lowest BCUT2D eigenvalue weighted by molar-refractivity contribution is -0.139. The van der Waals surface area contributed by atoms with Gasteiger partial charge in [-0.2, -0.15) is 13.2 Å². The highest BCUT2D eigenvalue weighted by molar-refractivity contribution is 7.89. The van der Waals surface area contributed by atoms with Crippen LogP contribution in [0, 0.1) is 18.8 Å². The molecule has 0 saturated heterocycles. The standard InChI is InChI=1S/C29H41ClF3N3O3S/c1-18(2)14-15-34-27(37)22-16-23(36(19(22)3)17-20-10-8-7-9-11-20)21-12-13-24(25(26(21)30)29(31,32)33)40(38,39)35-28(4,5)6/h12-13,16,18,20,35H,7-11,14-15,17H2,1-6H3,(H,34,37). The number of rotatable bonds is 9. The molecule has 0 spiro atoms. The molecule has 40 heavy (non-hydrogen) atoms. The number of nitrogens with one attached hydrogen (secondary N) is 2. The Morgan fingerprint density at radius 2 is 1.75 bits per heavy atom. The quantitative estimate of drug-likeness (QED) is 0.310. The largest absolute Gasteiger partial charge is 0.419 e. The average Bonchev–Trinajstić information content (AvgIpc) is 3.12. The smallest absolute Gasteiger partial charge is 0.352 e. The molecule has 1 aliphatic carbocycles. The van der Waals surface area contributed by atoms with Crippen molar-refractivity contribution in [3.05, 3.63) is 40.0 Å². The molecule has 1 heterocycles. The van der Waals surface area contributed by atoms with E-state index < -0.39 is 37.2 Å². The maximum Gasteiger partial charge on any atom is 0.419 e. The van der Waals surface area contributed by atoms with Gasteiger partial charge in [0.05, 0.1) is 26.7 Å². The van der Waals surface area contributed by atoms with E-state index in [0.717, 1.165) is 44.6 Å². The Labute approximate surface area is 241 Å². The van der Waals surface area contributed by atoms with E-state index in [1.807, 2.05) is 4.57 Å². The number of hydrogen-bond donors (Lipinski definition) is 2. The highest BCUT2D eigenvalue weighted by atomic mass is 35.5. The van der Waals surface area contributed by atoms with Crippen molar-refractivity contribution in [3.8, 4) is 11.3 Å². The van der Waals surface area contributed by atoms with Gasteiger partial charge in [0.2, 0.25) is 10.0 Å². The van der Waals surface area contributed by atoms with Crippen molar-refractivity contribution < 1.29 is 26.4 Å². The second kappa shape index (κ2) is 12.4. The molecule has 2 N–H and O–H groups in total. The van der Waals surface area contributed by atoms with Crippen molar-refractivity contribution in [2.45, 2.75) is 103 Å². The lowest BCUT2D eigenvalue weighted by Gasteiger charge is -2.25. The molecule has 11 heteroatoms. The summed E-state index contributed by atoms with van der Waals surface area (Å²) in [5.74, 6) is 0.407. The Kier molecular flexibility index (Phi) is 10.1. The van der Waals surface area contributed by atoms with Gasteiger partial charge in [0.15, 0.2) is 0 Å². The minimum Gasteiger partial charge on any atom is -0.352 e. The van der Waals surface area contributed by atoms with Crippen molar-refractivity contribution in [2.75, 3.05) is 6.54 Å². The molecule has 0 atom stereocenters. The number of sulfonamides is 1. The first-order valence-electron chi connectivity index (χ1n) is 13.8. The van der Waals surface area contributed by atoms with Gasteiger partial charge in [-0.1, -0.05) is 50.8 Å². The summed E-state index contributed by atoms with van der Waals surface area (Å²) in [4.78, 5) is 12.2. The third-order valence-corrected chi connectivity index (χ3v) is 9.37. The first-order chi connectivity index (χ1) is 18.4. The Morgan fingerprint density at radius 1 is 1.12 bits per heavy atom. The molecule has 1 saturated carbocycles. The van der Waals surface area contributed by atoms with E-state index in [1.165, 1.54) is 6.07 Å². The van der Waals surface area contributed by atoms with Crippen LogP contribution in [-0.2, 0) is 22.7 Å². The number of hydrogen-bond acceptors (Lipinski definition) is 3. The minimum atomic E-state index is -5.04. The molecular formula is C29H41ClF3N3O3S. The van der Waals surface area contributed by atoms with Crippen molar-refractivity contribution in [1.82, 2.24) is 14.6 Å². The maximum absolute atomic E-state index is 14.4. The minimum absolute atomic E-state index is 0.0313. The van der Waals surface area contributed by atoms with Crippen LogP contribution in [0.15, 0.2) is 23.1 Å². The Balaban J connectivity index is 2.18. The molecular weight excluding hydrogens is 563 g/mol. The van der Waals surface area contributed by atoms with Gasteiger partial charge >= 0.3 is 6.18 Å². The van der Waals surface area contributed by atoms with Crippen molar-refractivity contribution in [2.24, 2.45) is 11.8 Å². The zero-order chi connectivity index (χ0) is 30.0. The zero-order valence-electron chi connectivity index (χ0n) is 24.1. The predicted molar refractivity (Wildman–Crippen MR) is 153 cm³/mol. The maximum atomic E-state index is 14.4. The molecule has 0 bridgehead atoms. The lowest BCUT2D eigenvalue weighted by Crippen LogP contribution is -2.41. The van der Waals surface area contributed by atoms with E-state index in [9.17, 15) is 26.4 Å². The Hall–Kier alpha value is -2.04. The average molecular weight is 604 g/mol. The molecule has 1 aliphatic rings. The number of nitrogens with zero attached hydrogens (tertiary/aromatic N) is 1. The molecule has 0 aliphatic heterocycles. The Bertz CT molecular complexity index is 1320. The van der Waals surface area contributed by atoms with Crippen LogP contribution < -0.4 is 10.0 Å². The second-order valence-electron chi connectivity index (χ2n) is 12.2. The molecule has 1 amide bonds. The molecule has 6 nitrogen and oxygen atoms in total. The van der Waals surface area contributed by atoms with Gasteiger partial charge in [-0.15, -0.1) is 0 Å². The van der Waals surface area contributed by atoms with Crippen molar-refractivity contribution in [3.63, 3.8) is 0 Å². The van der Waals surface area contributed by atoms with Gasteiger partial charge in [0.25, 0.3) is 5.91 Å². The van der Waals surface area contributed by atoms with E-state index in [0.29, 0.717) is 41.9 Å². The SMILES string of the molecule is Cc1c(C(=O)NCCC(C)C)cc(-c2ccc(S(=O)(=O)NC(C)(C)C)c(C(F)(F)F)c2Cl)n1CC1CCCCC1. The van der Waals surface area contributed by atoms with Crippen LogP contribution in [0.1, 0.15) is 94.8 Å². The van der Waals surface area contributed by atoms with Gasteiger partial charge < -0.3 is 9.88 Å². The third-order valence-electron chi connectivity index (χ3n) is 7.18. The highest BCUT2D eigenvalue weighted by Crippen LogP contribution is 2.45. The number of carbonyl (C=O) groups is 1. The van der Waals surface area contributed by atoms with E-state index >= 15 is 0 Å². The molecule has 0 radical (unpaired) electrons. The number of amides is 1. The molecule has 3 rings (SSSR count). The second-order valence-corrected chi connectivity index (χ2v) is 14.3. The third kappa shape index (κ3) is 7.82. The molecule has 1 aromatic heterocycles. The monoisotopic (exact) mass is 603 g/mol. The number of alkyl halides is 3. The molecule has 1 fully saturated rings. The van der Waals surface area contributed by atoms with Gasteiger partial charge in [0, 0.05) is 29.9 Å². The molecule has 0 unspecified atom stereocenters. The summed E-state index contributed by atoms with van der Waals surface area (Å²) in [6, 6.07) is 3.83. The first kappa shape index (κ1) is 32.5. The summed E-state index contributed by atoms with van der Waals surface area (Å²) in [6.45, 7) is 11.5. The number of carbonyl (C=O) groups excluding carboxylic acids is 1. The fraction of sp³-hybridized carbons (Fsp3) is 0.621. The fourth-order valence-corrected chi connectivity index (χ4v) is 7.31. The molecule has 2 aromatic rings. The Morgan fingerprint density at radius 3 is 2.30 bits per heavy atom. The van der Waals surface area contributed by atoms with E-state index in [-0.39, 0.29) is 11.5 Å². The number of aromatic nitrogens is 1. The normalized spacial score (nSPS) is 15.6. The molecule has 1 aromatic carbocycles. The predicted octanol–water partition coefficient (Wildman–Crippen LogP) is 7.57. The van der Waals surface area contributed by atoms with Crippen LogP contribution in [0.2, 0.25) is 5.02 Å². The van der Waals surface area contributed by atoms with E-state index in [4.69, 9.17) is 11.6 Å². The van der Waals surface area contributed by atoms with Gasteiger partial charge in [0.1, 0.15) is 0 Å². The summed E-state index contributed by atoms with van der Waals surface area (Å²) in [6.07, 6.45) is 1.04. The zero-order valence-corrected chi connectivity index (χ0v) is 25.7. The number of benzene rings is 1. The number of halogens is 4. The lowest BCUT2D eigenvalue weighted by atomic mass is 9.89. The van der Waals surface area contributed by atoms with Crippen LogP contribution in [0.3, 0.4) is 0 Å². The van der Waals surface area contributed by atoms with E-state index in [1.54, 1.807) is 33.8 Å². The summed E-state index contributed by atoms with van der Waals surface area (Å²) in [5.41, 5.74) is -1.03. The van der Waals surface area contributed by atoms with Crippen molar-refractivity contribution >= 4 is 27.5 Å². The van der Waals surface area contributed by atoms with Crippen LogP contribution >= 0.6 is 11.6 Å².